The van der Waals surface area contributed by atoms with Crippen molar-refractivity contribution >= 4 is 32.7 Å². The molecule has 0 spiro atoms. The van der Waals surface area contributed by atoms with Crippen LogP contribution in [0.4, 0.5) is 0 Å². The van der Waals surface area contributed by atoms with Gasteiger partial charge >= 0.3 is 0 Å². The Hall–Kier alpha value is -0.480. The molecular formula is C21H35ClN2S. The largest absolute Gasteiger partial charge is 0.330 e. The first-order valence-electron chi connectivity index (χ1n) is 9.48. The second kappa shape index (κ2) is 10.0. The highest BCUT2D eigenvalue weighted by molar-refractivity contribution is 8.25. The van der Waals surface area contributed by atoms with Crippen molar-refractivity contribution in [1.82, 2.24) is 4.31 Å². The zero-order valence-electron chi connectivity index (χ0n) is 15.7. The van der Waals surface area contributed by atoms with E-state index in [2.05, 4.69) is 22.3 Å². The molecule has 2 aliphatic rings. The summed E-state index contributed by atoms with van der Waals surface area (Å²) in [7, 11) is -1.03. The first kappa shape index (κ1) is 20.8. The van der Waals surface area contributed by atoms with Gasteiger partial charge in [-0.2, -0.15) is 9.39 Å². The van der Waals surface area contributed by atoms with Gasteiger partial charge in [-0.3, -0.25) is 4.31 Å². The normalized spacial score (nSPS) is 23.8. The van der Waals surface area contributed by atoms with Gasteiger partial charge in [0.15, 0.2) is 0 Å². The number of benzene rings is 1. The standard InChI is InChI=1S/C15H30N2S.C6H5Cl/c1-18(2,3)17(12-15-8-9-15)11-14-6-4-13(10-16)5-7-14;7-6-4-2-1-3-5-6/h13-15H,1-2,4-12,16H2,3H3;1-5H. The van der Waals surface area contributed by atoms with Gasteiger partial charge < -0.3 is 5.73 Å². The summed E-state index contributed by atoms with van der Waals surface area (Å²) in [5, 5.41) is 0.794. The lowest BCUT2D eigenvalue weighted by Gasteiger charge is -2.35. The van der Waals surface area contributed by atoms with Crippen LogP contribution in [0.5, 0.6) is 0 Å². The Morgan fingerprint density at radius 2 is 1.40 bits per heavy atom. The maximum Gasteiger partial charge on any atom is 0.0405 e. The second-order valence-electron chi connectivity index (χ2n) is 7.93. The molecule has 0 bridgehead atoms. The van der Waals surface area contributed by atoms with Crippen LogP contribution < -0.4 is 5.73 Å². The zero-order chi connectivity index (χ0) is 18.3. The summed E-state index contributed by atoms with van der Waals surface area (Å²) in [5.74, 6) is 11.2. The number of halogens is 1. The van der Waals surface area contributed by atoms with Crippen LogP contribution in [0.1, 0.15) is 38.5 Å². The van der Waals surface area contributed by atoms with Crippen molar-refractivity contribution in [2.75, 3.05) is 25.9 Å². The van der Waals surface area contributed by atoms with E-state index in [1.165, 1.54) is 51.6 Å². The maximum atomic E-state index is 5.77. The summed E-state index contributed by atoms with van der Waals surface area (Å²) in [4.78, 5) is 0. The molecule has 4 heteroatoms. The Bertz CT molecular complexity index is 588. The molecule has 0 saturated heterocycles. The topological polar surface area (TPSA) is 29.3 Å². The molecule has 2 fully saturated rings. The van der Waals surface area contributed by atoms with Gasteiger partial charge in [-0.25, -0.2) is 0 Å². The average molecular weight is 383 g/mol. The molecule has 1 aromatic rings. The molecule has 2 nitrogen and oxygen atoms in total. The van der Waals surface area contributed by atoms with Crippen LogP contribution in [0.2, 0.25) is 5.02 Å². The van der Waals surface area contributed by atoms with Crippen molar-refractivity contribution in [3.05, 3.63) is 35.4 Å². The Kier molecular flexibility index (Phi) is 8.34. The molecule has 0 radical (unpaired) electrons. The van der Waals surface area contributed by atoms with E-state index in [1.807, 2.05) is 30.3 Å². The lowest BCUT2D eigenvalue weighted by molar-refractivity contribution is 0.241. The molecule has 1 aromatic carbocycles. The Balaban J connectivity index is 0.000000269. The first-order chi connectivity index (χ1) is 11.9. The number of hydrogen-bond donors (Lipinski definition) is 1. The fourth-order valence-corrected chi connectivity index (χ4v) is 4.66. The third kappa shape index (κ3) is 8.17. The van der Waals surface area contributed by atoms with Crippen LogP contribution in [0.15, 0.2) is 30.3 Å². The number of nitrogens with two attached hydrogens (primary N) is 1. The molecule has 0 amide bonds. The molecule has 0 atom stereocenters. The van der Waals surface area contributed by atoms with Gasteiger partial charge in [0.2, 0.25) is 0 Å². The van der Waals surface area contributed by atoms with Crippen molar-refractivity contribution in [2.24, 2.45) is 23.5 Å². The van der Waals surface area contributed by atoms with Crippen LogP contribution in [0, 0.1) is 17.8 Å². The van der Waals surface area contributed by atoms with Gasteiger partial charge in [0.25, 0.3) is 0 Å². The molecule has 2 saturated carbocycles. The minimum atomic E-state index is -1.03. The van der Waals surface area contributed by atoms with E-state index < -0.39 is 9.39 Å². The molecule has 0 heterocycles. The monoisotopic (exact) mass is 382 g/mol. The third-order valence-corrected chi connectivity index (χ3v) is 7.07. The maximum absolute atomic E-state index is 5.77. The average Bonchev–Trinajstić information content (AvgIpc) is 3.39. The molecule has 0 unspecified atom stereocenters. The highest BCUT2D eigenvalue weighted by atomic mass is 35.5. The Morgan fingerprint density at radius 1 is 0.960 bits per heavy atom. The summed E-state index contributed by atoms with van der Waals surface area (Å²) in [6, 6.07) is 9.44. The summed E-state index contributed by atoms with van der Waals surface area (Å²) in [6.07, 6.45) is 10.5. The molecule has 25 heavy (non-hydrogen) atoms. The van der Waals surface area contributed by atoms with Crippen molar-refractivity contribution in [3.63, 3.8) is 0 Å². The summed E-state index contributed by atoms with van der Waals surface area (Å²) in [5.41, 5.74) is 5.77. The van der Waals surface area contributed by atoms with E-state index in [1.54, 1.807) is 0 Å². The number of hydrogen-bond acceptors (Lipinski definition) is 2. The Morgan fingerprint density at radius 3 is 1.72 bits per heavy atom. The van der Waals surface area contributed by atoms with Gasteiger partial charge in [-0.05, 0) is 81.2 Å². The van der Waals surface area contributed by atoms with Gasteiger partial charge in [0.1, 0.15) is 0 Å². The number of nitrogens with zero attached hydrogens (tertiary/aromatic N) is 1. The summed E-state index contributed by atoms with van der Waals surface area (Å²) in [6.45, 7) is 3.36. The Labute approximate surface area is 160 Å². The van der Waals surface area contributed by atoms with E-state index in [0.29, 0.717) is 0 Å². The fraction of sp³-hybridized carbons (Fsp3) is 0.619. The van der Waals surface area contributed by atoms with Crippen LogP contribution in [0.25, 0.3) is 0 Å². The van der Waals surface area contributed by atoms with Crippen LogP contribution in [-0.2, 0) is 0 Å². The van der Waals surface area contributed by atoms with Crippen LogP contribution in [-0.4, -0.2) is 41.9 Å². The predicted octanol–water partition coefficient (Wildman–Crippen LogP) is 5.02. The van der Waals surface area contributed by atoms with Gasteiger partial charge in [0, 0.05) is 18.1 Å². The first-order valence-corrected chi connectivity index (χ1v) is 12.2. The van der Waals surface area contributed by atoms with Gasteiger partial charge in [0.05, 0.1) is 0 Å². The van der Waals surface area contributed by atoms with Gasteiger partial charge in [-0.1, -0.05) is 41.5 Å². The van der Waals surface area contributed by atoms with Crippen LogP contribution in [0.3, 0.4) is 0 Å². The molecule has 2 aliphatic carbocycles. The zero-order valence-corrected chi connectivity index (χ0v) is 17.3. The van der Waals surface area contributed by atoms with Crippen molar-refractivity contribution < 1.29 is 0 Å². The summed E-state index contributed by atoms with van der Waals surface area (Å²) < 4.78 is 2.61. The van der Waals surface area contributed by atoms with E-state index in [4.69, 9.17) is 17.3 Å². The van der Waals surface area contributed by atoms with E-state index in [-0.39, 0.29) is 0 Å². The molecular weight excluding hydrogens is 348 g/mol. The quantitative estimate of drug-likeness (QED) is 0.700. The van der Waals surface area contributed by atoms with Crippen molar-refractivity contribution in [2.45, 2.75) is 38.5 Å². The van der Waals surface area contributed by atoms with E-state index in [0.717, 1.165) is 29.3 Å². The smallest absolute Gasteiger partial charge is 0.0405 e. The molecule has 3 rings (SSSR count). The van der Waals surface area contributed by atoms with E-state index in [9.17, 15) is 0 Å². The number of rotatable bonds is 6. The lowest BCUT2D eigenvalue weighted by Crippen LogP contribution is -2.31. The fourth-order valence-electron chi connectivity index (χ4n) is 3.38. The minimum Gasteiger partial charge on any atom is -0.330 e. The molecule has 0 aliphatic heterocycles. The highest BCUT2D eigenvalue weighted by Gasteiger charge is 2.28. The minimum absolute atomic E-state index is 0.788. The lowest BCUT2D eigenvalue weighted by atomic mass is 9.82. The van der Waals surface area contributed by atoms with E-state index >= 15 is 0 Å². The predicted molar refractivity (Wildman–Crippen MR) is 118 cm³/mol. The van der Waals surface area contributed by atoms with Gasteiger partial charge in [-0.15, -0.1) is 0 Å². The molecule has 2 N–H and O–H groups in total. The summed E-state index contributed by atoms with van der Waals surface area (Å²) >= 11 is 5.54. The third-order valence-electron chi connectivity index (χ3n) is 5.28. The van der Waals surface area contributed by atoms with Crippen molar-refractivity contribution in [3.8, 4) is 0 Å². The SMILES string of the molecule is C=S(=C)(C)N(CC1CCC(CN)CC1)CC1CC1.Clc1ccccc1. The second-order valence-corrected chi connectivity index (χ2v) is 11.3. The van der Waals surface area contributed by atoms with Crippen LogP contribution >= 0.6 is 21.0 Å². The molecule has 0 aromatic heterocycles. The highest BCUT2D eigenvalue weighted by Crippen LogP contribution is 2.36. The van der Waals surface area contributed by atoms with Crippen molar-refractivity contribution in [1.29, 1.82) is 0 Å². The molecule has 142 valence electrons.